The molecule has 2 N–H and O–H groups in total. The fourth-order valence-corrected chi connectivity index (χ4v) is 2.83. The van der Waals surface area contributed by atoms with Crippen LogP contribution in [0.1, 0.15) is 17.3 Å². The molecule has 0 saturated carbocycles. The van der Waals surface area contributed by atoms with Crippen molar-refractivity contribution in [3.8, 4) is 0 Å². The molecule has 0 bridgehead atoms. The molecule has 3 nitrogen and oxygen atoms in total. The van der Waals surface area contributed by atoms with Gasteiger partial charge in [-0.3, -0.25) is 4.79 Å². The third-order valence-electron chi connectivity index (χ3n) is 3.75. The summed E-state index contributed by atoms with van der Waals surface area (Å²) in [6, 6.07) is 10.4. The van der Waals surface area contributed by atoms with Crippen LogP contribution in [0.4, 0.5) is 0 Å². The maximum absolute atomic E-state index is 11.6. The van der Waals surface area contributed by atoms with Crippen molar-refractivity contribution >= 4 is 38.4 Å². The Kier molecular flexibility index (Phi) is 1.90. The van der Waals surface area contributed by atoms with Gasteiger partial charge in [-0.05, 0) is 13.0 Å². The van der Waals surface area contributed by atoms with Gasteiger partial charge in [0.2, 0.25) is 0 Å². The van der Waals surface area contributed by atoms with E-state index in [0.717, 1.165) is 27.4 Å². The number of rotatable bonds is 1. The van der Waals surface area contributed by atoms with Crippen LogP contribution in [0, 0.1) is 0 Å². The molecule has 4 rings (SSSR count). The minimum atomic E-state index is 0.0894. The maximum atomic E-state index is 11.6. The van der Waals surface area contributed by atoms with Gasteiger partial charge in [0.05, 0.1) is 11.0 Å². The van der Waals surface area contributed by atoms with Crippen molar-refractivity contribution in [2.24, 2.45) is 0 Å². The number of Topliss-reactive ketones (excluding diaryl/α,β-unsaturated/α-hetero) is 1. The van der Waals surface area contributed by atoms with E-state index in [-0.39, 0.29) is 5.78 Å². The Morgan fingerprint density at radius 1 is 0.895 bits per heavy atom. The Labute approximate surface area is 109 Å². The van der Waals surface area contributed by atoms with E-state index in [1.165, 1.54) is 10.8 Å². The highest BCUT2D eigenvalue weighted by Crippen LogP contribution is 2.31. The van der Waals surface area contributed by atoms with Gasteiger partial charge in [0.15, 0.2) is 5.78 Å². The number of H-pyrrole nitrogens is 2. The molecular formula is C16H12N2O. The molecular weight excluding hydrogens is 236 g/mol. The normalized spacial score (nSPS) is 11.6. The smallest absolute Gasteiger partial charge is 0.161 e. The molecule has 3 heteroatoms. The van der Waals surface area contributed by atoms with Crippen molar-refractivity contribution in [3.05, 3.63) is 48.3 Å². The summed E-state index contributed by atoms with van der Waals surface area (Å²) in [5.74, 6) is 0.0894. The van der Waals surface area contributed by atoms with E-state index in [9.17, 15) is 4.79 Å². The predicted molar refractivity (Wildman–Crippen MR) is 77.7 cm³/mol. The summed E-state index contributed by atoms with van der Waals surface area (Å²) in [5, 5.41) is 4.50. The number of nitrogens with one attached hydrogen (secondary N) is 2. The average molecular weight is 248 g/mol. The first-order chi connectivity index (χ1) is 9.25. The Balaban J connectivity index is 2.23. The predicted octanol–water partition coefficient (Wildman–Crippen LogP) is 4.01. The van der Waals surface area contributed by atoms with Gasteiger partial charge in [0.1, 0.15) is 0 Å². The van der Waals surface area contributed by atoms with Crippen LogP contribution in [-0.2, 0) is 0 Å². The van der Waals surface area contributed by atoms with Crippen LogP contribution in [0.3, 0.4) is 0 Å². The molecule has 4 aromatic rings. The zero-order chi connectivity index (χ0) is 13.0. The van der Waals surface area contributed by atoms with Crippen molar-refractivity contribution in [2.75, 3.05) is 0 Å². The van der Waals surface area contributed by atoms with Crippen molar-refractivity contribution in [3.63, 3.8) is 0 Å². The highest BCUT2D eigenvalue weighted by molar-refractivity contribution is 6.19. The summed E-state index contributed by atoms with van der Waals surface area (Å²) in [5.41, 5.74) is 2.92. The monoisotopic (exact) mass is 248 g/mol. The molecule has 0 fully saturated rings. The molecule has 2 heterocycles. The van der Waals surface area contributed by atoms with E-state index in [1.54, 1.807) is 13.1 Å². The van der Waals surface area contributed by atoms with Crippen LogP contribution in [0.25, 0.3) is 32.6 Å². The number of aromatic amines is 2. The van der Waals surface area contributed by atoms with E-state index in [4.69, 9.17) is 0 Å². The lowest BCUT2D eigenvalue weighted by Crippen LogP contribution is -1.88. The molecule has 0 atom stereocenters. The number of aromatic nitrogens is 2. The van der Waals surface area contributed by atoms with Gasteiger partial charge in [-0.15, -0.1) is 0 Å². The Bertz CT molecular complexity index is 943. The van der Waals surface area contributed by atoms with Gasteiger partial charge in [-0.1, -0.05) is 24.3 Å². The van der Waals surface area contributed by atoms with Gasteiger partial charge in [-0.2, -0.15) is 0 Å². The number of hydrogen-bond donors (Lipinski definition) is 2. The van der Waals surface area contributed by atoms with Crippen LogP contribution in [0.2, 0.25) is 0 Å². The highest BCUT2D eigenvalue weighted by atomic mass is 16.1. The quantitative estimate of drug-likeness (QED) is 0.491. The van der Waals surface area contributed by atoms with Crippen LogP contribution in [0.5, 0.6) is 0 Å². The molecule has 19 heavy (non-hydrogen) atoms. The van der Waals surface area contributed by atoms with E-state index < -0.39 is 0 Å². The molecule has 0 saturated heterocycles. The minimum Gasteiger partial charge on any atom is -0.361 e. The second-order valence-electron chi connectivity index (χ2n) is 4.85. The largest absolute Gasteiger partial charge is 0.361 e. The van der Waals surface area contributed by atoms with E-state index >= 15 is 0 Å². The number of hydrogen-bond acceptors (Lipinski definition) is 1. The fraction of sp³-hybridized carbons (Fsp3) is 0.0625. The number of carbonyl (C=O) groups excluding carboxylic acids is 1. The second kappa shape index (κ2) is 3.48. The Hall–Kier alpha value is -2.55. The Morgan fingerprint density at radius 2 is 1.63 bits per heavy atom. The van der Waals surface area contributed by atoms with Gasteiger partial charge in [0, 0.05) is 39.5 Å². The highest BCUT2D eigenvalue weighted by Gasteiger charge is 2.11. The first-order valence-electron chi connectivity index (χ1n) is 6.26. The van der Waals surface area contributed by atoms with Crippen LogP contribution >= 0.6 is 0 Å². The van der Waals surface area contributed by atoms with Crippen molar-refractivity contribution in [2.45, 2.75) is 6.92 Å². The average Bonchev–Trinajstić information content (AvgIpc) is 3.04. The van der Waals surface area contributed by atoms with Crippen LogP contribution in [-0.4, -0.2) is 15.8 Å². The van der Waals surface area contributed by atoms with Crippen LogP contribution in [0.15, 0.2) is 42.7 Å². The first kappa shape index (κ1) is 10.4. The standard InChI is InChI=1S/C16H12N2O/c1-9(19)14-8-18-16-12-3-2-10-6-7-17-15(10)11(12)4-5-13(14)16/h2-8,17-18H,1H3. The molecule has 0 aliphatic carbocycles. The van der Waals surface area contributed by atoms with Gasteiger partial charge in [-0.25, -0.2) is 0 Å². The zero-order valence-electron chi connectivity index (χ0n) is 10.4. The number of benzene rings is 2. The summed E-state index contributed by atoms with van der Waals surface area (Å²) >= 11 is 0. The molecule has 2 aromatic heterocycles. The molecule has 0 aliphatic heterocycles. The molecule has 0 unspecified atom stereocenters. The minimum absolute atomic E-state index is 0.0894. The number of carbonyl (C=O) groups is 1. The molecule has 0 spiro atoms. The Morgan fingerprint density at radius 3 is 2.47 bits per heavy atom. The first-order valence-corrected chi connectivity index (χ1v) is 6.26. The van der Waals surface area contributed by atoms with Crippen molar-refractivity contribution < 1.29 is 4.79 Å². The van der Waals surface area contributed by atoms with Gasteiger partial charge >= 0.3 is 0 Å². The van der Waals surface area contributed by atoms with Crippen LogP contribution < -0.4 is 0 Å². The zero-order valence-corrected chi connectivity index (χ0v) is 10.4. The molecule has 0 radical (unpaired) electrons. The van der Waals surface area contributed by atoms with Crippen molar-refractivity contribution in [1.82, 2.24) is 9.97 Å². The molecule has 0 amide bonds. The lowest BCUT2D eigenvalue weighted by molar-refractivity contribution is 0.101. The number of ketones is 1. The lowest BCUT2D eigenvalue weighted by Gasteiger charge is -2.02. The topological polar surface area (TPSA) is 48.6 Å². The summed E-state index contributed by atoms with van der Waals surface area (Å²) in [7, 11) is 0. The summed E-state index contributed by atoms with van der Waals surface area (Å²) < 4.78 is 0. The third-order valence-corrected chi connectivity index (χ3v) is 3.75. The molecule has 0 aliphatic rings. The van der Waals surface area contributed by atoms with Gasteiger partial charge in [0.25, 0.3) is 0 Å². The van der Waals surface area contributed by atoms with E-state index in [2.05, 4.69) is 34.2 Å². The molecule has 92 valence electrons. The third kappa shape index (κ3) is 1.30. The SMILES string of the molecule is CC(=O)c1c[nH]c2c1ccc1c2ccc2cc[nH]c21. The van der Waals surface area contributed by atoms with Crippen molar-refractivity contribution in [1.29, 1.82) is 0 Å². The van der Waals surface area contributed by atoms with Gasteiger partial charge < -0.3 is 9.97 Å². The molecule has 2 aromatic carbocycles. The summed E-state index contributed by atoms with van der Waals surface area (Å²) in [6.07, 6.45) is 3.75. The summed E-state index contributed by atoms with van der Waals surface area (Å²) in [4.78, 5) is 18.1. The lowest BCUT2D eigenvalue weighted by atomic mass is 10.0. The second-order valence-corrected chi connectivity index (χ2v) is 4.85. The summed E-state index contributed by atoms with van der Waals surface area (Å²) in [6.45, 7) is 1.60. The maximum Gasteiger partial charge on any atom is 0.161 e. The van der Waals surface area contributed by atoms with E-state index in [0.29, 0.717) is 0 Å². The fourth-order valence-electron chi connectivity index (χ4n) is 2.83. The number of fused-ring (bicyclic) bond motifs is 5. The van der Waals surface area contributed by atoms with E-state index in [1.807, 2.05) is 12.3 Å².